The quantitative estimate of drug-likeness (QED) is 0.182. The van der Waals surface area contributed by atoms with Gasteiger partial charge in [-0.15, -0.1) is 0 Å². The Morgan fingerprint density at radius 1 is 0.944 bits per heavy atom. The summed E-state index contributed by atoms with van der Waals surface area (Å²) in [7, 11) is 0. The Morgan fingerprint density at radius 3 is 2.31 bits per heavy atom. The molecule has 0 aromatic heterocycles. The van der Waals surface area contributed by atoms with Gasteiger partial charge in [0.1, 0.15) is 5.82 Å². The maximum absolute atomic E-state index is 13.5. The zero-order valence-corrected chi connectivity index (χ0v) is 20.4. The third-order valence-electron chi connectivity index (χ3n) is 6.69. The van der Waals surface area contributed by atoms with Gasteiger partial charge in [0.25, 0.3) is 5.91 Å². The lowest BCUT2D eigenvalue weighted by Gasteiger charge is -2.39. The van der Waals surface area contributed by atoms with Gasteiger partial charge in [-0.1, -0.05) is 49.6 Å². The molecule has 0 spiro atoms. The Kier molecular flexibility index (Phi) is 10.2. The summed E-state index contributed by atoms with van der Waals surface area (Å²) in [6.45, 7) is 0.416. The first-order chi connectivity index (χ1) is 17.4. The molecule has 2 aromatic rings. The molecule has 0 bridgehead atoms. The zero-order chi connectivity index (χ0) is 25.8. The van der Waals surface area contributed by atoms with Crippen LogP contribution in [0.4, 0.5) is 9.18 Å². The third-order valence-corrected chi connectivity index (χ3v) is 6.69. The molecule has 3 rings (SSSR count). The number of hydroxylamine groups is 1. The van der Waals surface area contributed by atoms with E-state index in [0.717, 1.165) is 37.7 Å². The first-order valence-corrected chi connectivity index (χ1v) is 12.5. The van der Waals surface area contributed by atoms with E-state index in [1.165, 1.54) is 12.1 Å². The molecule has 1 saturated carbocycles. The molecule has 1 atom stereocenters. The molecule has 194 valence electrons. The standard InChI is InChI=1S/C27H35FN4O4/c28-22-13-11-21(12-14-22)27(17-5-2-6-18-27)31-26(35)30-23(15-16-24(33)32-36)10-7-19-29-25(34)20-8-3-1-4-9-20/h1,3-4,8-9,11-14,23,36H,2,5-7,10,15-19H2,(H,29,34)(H,32,33)(H2,30,31,35). The van der Waals surface area contributed by atoms with Crippen LogP contribution in [0.15, 0.2) is 54.6 Å². The Balaban J connectivity index is 1.58. The number of benzene rings is 2. The topological polar surface area (TPSA) is 120 Å². The highest BCUT2D eigenvalue weighted by Crippen LogP contribution is 2.37. The Labute approximate surface area is 211 Å². The molecule has 0 heterocycles. The second kappa shape index (κ2) is 13.6. The lowest BCUT2D eigenvalue weighted by molar-refractivity contribution is -0.129. The molecular weight excluding hydrogens is 463 g/mol. The molecule has 2 aromatic carbocycles. The largest absolute Gasteiger partial charge is 0.352 e. The Bertz CT molecular complexity index is 995. The van der Waals surface area contributed by atoms with Crippen molar-refractivity contribution in [2.75, 3.05) is 6.54 Å². The Hall–Kier alpha value is -3.46. The van der Waals surface area contributed by atoms with E-state index in [9.17, 15) is 18.8 Å². The summed E-state index contributed by atoms with van der Waals surface area (Å²) < 4.78 is 13.5. The van der Waals surface area contributed by atoms with Crippen molar-refractivity contribution in [1.82, 2.24) is 21.4 Å². The van der Waals surface area contributed by atoms with E-state index in [-0.39, 0.29) is 30.2 Å². The fourth-order valence-electron chi connectivity index (χ4n) is 4.74. The number of hydrogen-bond acceptors (Lipinski definition) is 4. The molecule has 1 aliphatic carbocycles. The van der Waals surface area contributed by atoms with E-state index in [1.807, 2.05) is 6.07 Å². The van der Waals surface area contributed by atoms with Crippen LogP contribution in [0.2, 0.25) is 0 Å². The molecule has 4 amide bonds. The van der Waals surface area contributed by atoms with Crippen LogP contribution >= 0.6 is 0 Å². The second-order valence-electron chi connectivity index (χ2n) is 9.28. The van der Waals surface area contributed by atoms with Crippen LogP contribution in [0.3, 0.4) is 0 Å². The molecule has 5 N–H and O–H groups in total. The average molecular weight is 499 g/mol. The first kappa shape index (κ1) is 27.1. The highest BCUT2D eigenvalue weighted by molar-refractivity contribution is 5.94. The van der Waals surface area contributed by atoms with E-state index in [4.69, 9.17) is 5.21 Å². The SMILES string of the molecule is O=C(CCC(CCCNC(=O)c1ccccc1)NC(=O)NC1(c2ccc(F)cc2)CCCCC1)NO. The van der Waals surface area contributed by atoms with E-state index < -0.39 is 11.4 Å². The zero-order valence-electron chi connectivity index (χ0n) is 20.4. The maximum atomic E-state index is 13.5. The van der Waals surface area contributed by atoms with Crippen molar-refractivity contribution in [3.8, 4) is 0 Å². The minimum absolute atomic E-state index is 0.0426. The number of amides is 4. The summed E-state index contributed by atoms with van der Waals surface area (Å²) in [6, 6.07) is 14.5. The van der Waals surface area contributed by atoms with Crippen LogP contribution in [0.25, 0.3) is 0 Å². The van der Waals surface area contributed by atoms with Gasteiger partial charge in [0.05, 0.1) is 5.54 Å². The van der Waals surface area contributed by atoms with Crippen LogP contribution in [-0.4, -0.2) is 35.6 Å². The smallest absolute Gasteiger partial charge is 0.315 e. The predicted molar refractivity (Wildman–Crippen MR) is 134 cm³/mol. The molecule has 1 unspecified atom stereocenters. The number of carbonyl (C=O) groups is 3. The molecule has 36 heavy (non-hydrogen) atoms. The first-order valence-electron chi connectivity index (χ1n) is 12.5. The van der Waals surface area contributed by atoms with E-state index in [1.54, 1.807) is 41.9 Å². The predicted octanol–water partition coefficient (Wildman–Crippen LogP) is 4.15. The summed E-state index contributed by atoms with van der Waals surface area (Å²) in [5.74, 6) is -1.03. The number of hydrogen-bond donors (Lipinski definition) is 5. The van der Waals surface area contributed by atoms with Crippen molar-refractivity contribution < 1.29 is 24.0 Å². The number of urea groups is 1. The summed E-state index contributed by atoms with van der Waals surface area (Å²) >= 11 is 0. The van der Waals surface area contributed by atoms with Crippen molar-refractivity contribution in [3.63, 3.8) is 0 Å². The number of rotatable bonds is 11. The average Bonchev–Trinajstić information content (AvgIpc) is 2.90. The van der Waals surface area contributed by atoms with Gasteiger partial charge in [-0.05, 0) is 61.9 Å². The van der Waals surface area contributed by atoms with Crippen molar-refractivity contribution in [2.24, 2.45) is 0 Å². The number of carbonyl (C=O) groups excluding carboxylic acids is 3. The molecule has 8 nitrogen and oxygen atoms in total. The summed E-state index contributed by atoms with van der Waals surface area (Å²) in [6.07, 6.45) is 6.01. The van der Waals surface area contributed by atoms with Gasteiger partial charge in [0.2, 0.25) is 5.91 Å². The van der Waals surface area contributed by atoms with Gasteiger partial charge in [-0.25, -0.2) is 14.7 Å². The van der Waals surface area contributed by atoms with Crippen LogP contribution < -0.4 is 21.4 Å². The van der Waals surface area contributed by atoms with Gasteiger partial charge < -0.3 is 16.0 Å². The third kappa shape index (κ3) is 8.05. The fourth-order valence-corrected chi connectivity index (χ4v) is 4.74. The van der Waals surface area contributed by atoms with Crippen molar-refractivity contribution in [2.45, 2.75) is 69.4 Å². The van der Waals surface area contributed by atoms with Crippen LogP contribution in [0.1, 0.15) is 73.7 Å². The monoisotopic (exact) mass is 498 g/mol. The normalized spacial score (nSPS) is 15.4. The minimum Gasteiger partial charge on any atom is -0.352 e. The van der Waals surface area contributed by atoms with Gasteiger partial charge in [-0.3, -0.25) is 14.8 Å². The van der Waals surface area contributed by atoms with E-state index in [2.05, 4.69) is 16.0 Å². The molecular formula is C27H35FN4O4. The van der Waals surface area contributed by atoms with Crippen LogP contribution in [0.5, 0.6) is 0 Å². The van der Waals surface area contributed by atoms with Gasteiger partial charge >= 0.3 is 6.03 Å². The van der Waals surface area contributed by atoms with Crippen LogP contribution in [0, 0.1) is 5.82 Å². The molecule has 0 aliphatic heterocycles. The minimum atomic E-state index is -0.577. The molecule has 1 aliphatic rings. The maximum Gasteiger partial charge on any atom is 0.315 e. The molecule has 9 heteroatoms. The van der Waals surface area contributed by atoms with Gasteiger partial charge in [0, 0.05) is 24.6 Å². The highest BCUT2D eigenvalue weighted by atomic mass is 19.1. The Morgan fingerprint density at radius 2 is 1.64 bits per heavy atom. The lowest BCUT2D eigenvalue weighted by atomic mass is 9.76. The summed E-state index contributed by atoms with van der Waals surface area (Å²) in [5, 5.41) is 17.8. The summed E-state index contributed by atoms with van der Waals surface area (Å²) in [5.41, 5.74) is 2.49. The number of halogens is 1. The van der Waals surface area contributed by atoms with Crippen molar-refractivity contribution in [3.05, 3.63) is 71.5 Å². The van der Waals surface area contributed by atoms with Gasteiger partial charge in [-0.2, -0.15) is 0 Å². The van der Waals surface area contributed by atoms with Crippen molar-refractivity contribution in [1.29, 1.82) is 0 Å². The lowest BCUT2D eigenvalue weighted by Crippen LogP contribution is -2.53. The molecule has 0 saturated heterocycles. The van der Waals surface area contributed by atoms with E-state index >= 15 is 0 Å². The van der Waals surface area contributed by atoms with E-state index in [0.29, 0.717) is 31.4 Å². The van der Waals surface area contributed by atoms with Crippen molar-refractivity contribution >= 4 is 17.8 Å². The molecule has 0 radical (unpaired) electrons. The highest BCUT2D eigenvalue weighted by Gasteiger charge is 2.35. The van der Waals surface area contributed by atoms with Crippen LogP contribution in [-0.2, 0) is 10.3 Å². The summed E-state index contributed by atoms with van der Waals surface area (Å²) in [4.78, 5) is 36.9. The number of nitrogens with one attached hydrogen (secondary N) is 4. The fraction of sp³-hybridized carbons (Fsp3) is 0.444. The van der Waals surface area contributed by atoms with Gasteiger partial charge in [0.15, 0.2) is 0 Å². The molecule has 1 fully saturated rings. The second-order valence-corrected chi connectivity index (χ2v) is 9.28.